The Morgan fingerprint density at radius 1 is 1.12 bits per heavy atom. The monoisotopic (exact) mass is 366 g/mol. The van der Waals surface area contributed by atoms with Gasteiger partial charge in [0.15, 0.2) is 6.61 Å². The average Bonchev–Trinajstić information content (AvgIpc) is 2.55. The molecule has 0 spiro atoms. The largest absolute Gasteiger partial charge is 0.484 e. The van der Waals surface area contributed by atoms with Gasteiger partial charge in [-0.3, -0.25) is 0 Å². The molecule has 4 nitrogen and oxygen atoms in total. The van der Waals surface area contributed by atoms with Gasteiger partial charge in [0.1, 0.15) is 5.75 Å². The Balaban J connectivity index is 2.04. The average molecular weight is 366 g/mol. The molecule has 0 radical (unpaired) electrons. The molecule has 0 aliphatic heterocycles. The van der Waals surface area contributed by atoms with Crippen LogP contribution < -0.4 is 15.4 Å². The Labute approximate surface area is 150 Å². The van der Waals surface area contributed by atoms with Crippen molar-refractivity contribution in [2.45, 2.75) is 33.0 Å². The lowest BCUT2D eigenvalue weighted by Crippen LogP contribution is -2.31. The van der Waals surface area contributed by atoms with E-state index in [1.807, 2.05) is 38.1 Å². The minimum atomic E-state index is -4.42. The summed E-state index contributed by atoms with van der Waals surface area (Å²) in [7, 11) is 0. The first-order chi connectivity index (χ1) is 12.2. The molecule has 0 bridgehead atoms. The molecule has 0 saturated heterocycles. The van der Waals surface area contributed by atoms with E-state index in [0.717, 1.165) is 11.1 Å². The minimum Gasteiger partial charge on any atom is -0.484 e. The fourth-order valence-corrected chi connectivity index (χ4v) is 2.57. The highest BCUT2D eigenvalue weighted by Gasteiger charge is 2.28. The fraction of sp³-hybridized carbons (Fsp3) is 0.316. The maximum atomic E-state index is 12.3. The van der Waals surface area contributed by atoms with Crippen LogP contribution in [0.15, 0.2) is 42.5 Å². The number of carbonyl (C=O) groups excluding carboxylic acids is 1. The number of anilines is 1. The zero-order valence-electron chi connectivity index (χ0n) is 14.8. The van der Waals surface area contributed by atoms with E-state index in [9.17, 15) is 18.0 Å². The summed E-state index contributed by atoms with van der Waals surface area (Å²) in [4.78, 5) is 12.2. The number of alkyl halides is 3. The second-order valence-corrected chi connectivity index (χ2v) is 6.01. The standard InChI is InChI=1S/C19H21F3N2O2/c1-12-7-4-5-8-15(12)14(3)23-18(25)24-16-9-6-10-17(13(16)2)26-11-19(20,21)22/h4-10,14H,11H2,1-3H3,(H2,23,24,25). The Morgan fingerprint density at radius 3 is 2.46 bits per heavy atom. The molecule has 1 atom stereocenters. The highest BCUT2D eigenvalue weighted by atomic mass is 19.4. The third kappa shape index (κ3) is 5.40. The van der Waals surface area contributed by atoms with Crippen molar-refractivity contribution in [3.05, 3.63) is 59.2 Å². The predicted molar refractivity (Wildman–Crippen MR) is 94.5 cm³/mol. The molecule has 0 aliphatic carbocycles. The van der Waals surface area contributed by atoms with Gasteiger partial charge >= 0.3 is 12.2 Å². The number of aryl methyl sites for hydroxylation is 1. The number of hydrogen-bond acceptors (Lipinski definition) is 2. The Kier molecular flexibility index (Phi) is 6.13. The summed E-state index contributed by atoms with van der Waals surface area (Å²) < 4.78 is 41.7. The summed E-state index contributed by atoms with van der Waals surface area (Å²) in [6, 6.07) is 11.6. The summed E-state index contributed by atoms with van der Waals surface area (Å²) in [6.07, 6.45) is -4.42. The number of nitrogens with one attached hydrogen (secondary N) is 2. The molecule has 2 rings (SSSR count). The quantitative estimate of drug-likeness (QED) is 0.771. The number of ether oxygens (including phenoxy) is 1. The first-order valence-electron chi connectivity index (χ1n) is 8.09. The second kappa shape index (κ2) is 8.12. The maximum absolute atomic E-state index is 12.3. The van der Waals surface area contributed by atoms with E-state index in [4.69, 9.17) is 4.74 Å². The van der Waals surface area contributed by atoms with Crippen LogP contribution in [0.3, 0.4) is 0 Å². The van der Waals surface area contributed by atoms with Crippen molar-refractivity contribution in [1.82, 2.24) is 5.32 Å². The summed E-state index contributed by atoms with van der Waals surface area (Å²) >= 11 is 0. The van der Waals surface area contributed by atoms with Gasteiger partial charge < -0.3 is 15.4 Å². The summed E-state index contributed by atoms with van der Waals surface area (Å²) in [5.41, 5.74) is 2.86. The zero-order chi connectivity index (χ0) is 19.3. The van der Waals surface area contributed by atoms with Crippen molar-refractivity contribution >= 4 is 11.7 Å². The molecule has 0 heterocycles. The summed E-state index contributed by atoms with van der Waals surface area (Å²) in [6.45, 7) is 4.02. The third-order valence-corrected chi connectivity index (χ3v) is 3.93. The van der Waals surface area contributed by atoms with Gasteiger partial charge in [-0.05, 0) is 44.0 Å². The molecule has 1 unspecified atom stereocenters. The van der Waals surface area contributed by atoms with E-state index in [1.54, 1.807) is 13.0 Å². The number of hydrogen-bond donors (Lipinski definition) is 2. The van der Waals surface area contributed by atoms with Gasteiger partial charge in [0.25, 0.3) is 0 Å². The van der Waals surface area contributed by atoms with Gasteiger partial charge in [0.2, 0.25) is 0 Å². The van der Waals surface area contributed by atoms with Crippen molar-refractivity contribution in [3.63, 3.8) is 0 Å². The minimum absolute atomic E-state index is 0.0760. The van der Waals surface area contributed by atoms with Crippen molar-refractivity contribution in [2.24, 2.45) is 0 Å². The van der Waals surface area contributed by atoms with Crippen molar-refractivity contribution in [3.8, 4) is 5.75 Å². The number of benzene rings is 2. The smallest absolute Gasteiger partial charge is 0.422 e. The number of halogens is 3. The molecule has 2 amide bonds. The fourth-order valence-electron chi connectivity index (χ4n) is 2.57. The molecular formula is C19H21F3N2O2. The Hall–Kier alpha value is -2.70. The number of rotatable bonds is 5. The van der Waals surface area contributed by atoms with Crippen LogP contribution in [0, 0.1) is 13.8 Å². The van der Waals surface area contributed by atoms with E-state index in [1.165, 1.54) is 12.1 Å². The summed E-state index contributed by atoms with van der Waals surface area (Å²) in [5, 5.41) is 5.47. The normalized spacial score (nSPS) is 12.4. The molecule has 2 aromatic rings. The predicted octanol–water partition coefficient (Wildman–Crippen LogP) is 5.13. The van der Waals surface area contributed by atoms with Crippen molar-refractivity contribution < 1.29 is 22.7 Å². The molecule has 0 saturated carbocycles. The Bertz CT molecular complexity index is 776. The van der Waals surface area contributed by atoms with Crippen LogP contribution in [0.2, 0.25) is 0 Å². The Morgan fingerprint density at radius 2 is 1.81 bits per heavy atom. The van der Waals surface area contributed by atoms with E-state index in [2.05, 4.69) is 10.6 Å². The van der Waals surface area contributed by atoms with Crippen LogP contribution in [0.5, 0.6) is 5.75 Å². The van der Waals surface area contributed by atoms with Gasteiger partial charge in [-0.15, -0.1) is 0 Å². The maximum Gasteiger partial charge on any atom is 0.422 e. The number of carbonyl (C=O) groups is 1. The van der Waals surface area contributed by atoms with Crippen LogP contribution in [0.1, 0.15) is 29.7 Å². The van der Waals surface area contributed by atoms with E-state index in [0.29, 0.717) is 11.3 Å². The number of urea groups is 1. The van der Waals surface area contributed by atoms with Gasteiger partial charge in [0, 0.05) is 11.3 Å². The topological polar surface area (TPSA) is 50.4 Å². The van der Waals surface area contributed by atoms with E-state index >= 15 is 0 Å². The zero-order valence-corrected chi connectivity index (χ0v) is 14.8. The second-order valence-electron chi connectivity index (χ2n) is 6.01. The van der Waals surface area contributed by atoms with Crippen molar-refractivity contribution in [2.75, 3.05) is 11.9 Å². The molecule has 2 N–H and O–H groups in total. The van der Waals surface area contributed by atoms with Crippen LogP contribution in [0.25, 0.3) is 0 Å². The lowest BCUT2D eigenvalue weighted by atomic mass is 10.0. The number of amides is 2. The molecule has 0 aliphatic rings. The SMILES string of the molecule is Cc1ccccc1C(C)NC(=O)Nc1cccc(OCC(F)(F)F)c1C. The molecule has 7 heteroatoms. The van der Waals surface area contributed by atoms with Gasteiger partial charge in [0.05, 0.1) is 6.04 Å². The van der Waals surface area contributed by atoms with Gasteiger partial charge in [-0.1, -0.05) is 30.3 Å². The molecule has 0 fully saturated rings. The van der Waals surface area contributed by atoms with Crippen LogP contribution >= 0.6 is 0 Å². The first kappa shape index (κ1) is 19.6. The van der Waals surface area contributed by atoms with Gasteiger partial charge in [-0.25, -0.2) is 4.79 Å². The van der Waals surface area contributed by atoms with Crippen molar-refractivity contribution in [1.29, 1.82) is 0 Å². The molecular weight excluding hydrogens is 345 g/mol. The molecule has 140 valence electrons. The van der Waals surface area contributed by atoms with E-state index < -0.39 is 18.8 Å². The molecule has 0 aromatic heterocycles. The van der Waals surface area contributed by atoms with Crippen LogP contribution in [0.4, 0.5) is 23.7 Å². The first-order valence-corrected chi connectivity index (χ1v) is 8.09. The third-order valence-electron chi connectivity index (χ3n) is 3.93. The summed E-state index contributed by atoms with van der Waals surface area (Å²) in [5.74, 6) is 0.0760. The molecule has 26 heavy (non-hydrogen) atoms. The van der Waals surface area contributed by atoms with E-state index in [-0.39, 0.29) is 11.8 Å². The lowest BCUT2D eigenvalue weighted by Gasteiger charge is -2.18. The highest BCUT2D eigenvalue weighted by molar-refractivity contribution is 5.90. The highest BCUT2D eigenvalue weighted by Crippen LogP contribution is 2.27. The van der Waals surface area contributed by atoms with Crippen LogP contribution in [-0.4, -0.2) is 18.8 Å². The lowest BCUT2D eigenvalue weighted by molar-refractivity contribution is -0.153. The van der Waals surface area contributed by atoms with Gasteiger partial charge in [-0.2, -0.15) is 13.2 Å². The van der Waals surface area contributed by atoms with Crippen LogP contribution in [-0.2, 0) is 0 Å². The molecule has 2 aromatic carbocycles.